The van der Waals surface area contributed by atoms with Crippen molar-refractivity contribution in [3.05, 3.63) is 100 Å². The number of ketones is 1. The molecule has 3 aromatic carbocycles. The van der Waals surface area contributed by atoms with Gasteiger partial charge in [-0.25, -0.2) is 4.39 Å². The summed E-state index contributed by atoms with van der Waals surface area (Å²) in [6, 6.07) is 23.1. The van der Waals surface area contributed by atoms with Gasteiger partial charge in [0.1, 0.15) is 5.82 Å². The van der Waals surface area contributed by atoms with E-state index >= 15 is 0 Å². The molecule has 0 heterocycles. The van der Waals surface area contributed by atoms with E-state index in [1.807, 2.05) is 54.6 Å². The van der Waals surface area contributed by atoms with E-state index in [-0.39, 0.29) is 17.6 Å². The number of benzene rings is 3. The molecule has 0 aromatic heterocycles. The first-order valence-corrected chi connectivity index (χ1v) is 8.77. The van der Waals surface area contributed by atoms with Crippen LogP contribution in [0.1, 0.15) is 28.4 Å². The second kappa shape index (κ2) is 8.08. The Morgan fingerprint density at radius 2 is 1.56 bits per heavy atom. The number of rotatable bonds is 6. The van der Waals surface area contributed by atoms with E-state index in [0.29, 0.717) is 12.0 Å². The summed E-state index contributed by atoms with van der Waals surface area (Å²) in [7, 11) is 0. The minimum Gasteiger partial charge on any atom is -0.378 e. The summed E-state index contributed by atoms with van der Waals surface area (Å²) in [4.78, 5) is 12.7. The van der Waals surface area contributed by atoms with Gasteiger partial charge in [0.15, 0.2) is 5.78 Å². The first-order valence-electron chi connectivity index (χ1n) is 7.97. The molecule has 0 radical (unpaired) electrons. The fourth-order valence-corrected chi connectivity index (χ4v) is 2.89. The monoisotopic (exact) mass is 397 g/mol. The van der Waals surface area contributed by atoms with Crippen molar-refractivity contribution in [2.75, 3.05) is 5.32 Å². The van der Waals surface area contributed by atoms with Crippen LogP contribution < -0.4 is 5.32 Å². The summed E-state index contributed by atoms with van der Waals surface area (Å²) in [5, 5.41) is 3.34. The lowest BCUT2D eigenvalue weighted by molar-refractivity contribution is 0.0976. The van der Waals surface area contributed by atoms with Crippen molar-refractivity contribution in [1.82, 2.24) is 0 Å². The number of nitrogens with one attached hydrogen (secondary N) is 1. The van der Waals surface area contributed by atoms with Crippen LogP contribution in [-0.2, 0) is 0 Å². The fourth-order valence-electron chi connectivity index (χ4n) is 2.62. The van der Waals surface area contributed by atoms with Gasteiger partial charge in [0, 0.05) is 22.1 Å². The van der Waals surface area contributed by atoms with Crippen molar-refractivity contribution in [2.45, 2.75) is 12.5 Å². The zero-order chi connectivity index (χ0) is 17.6. The maximum absolute atomic E-state index is 13.1. The molecule has 1 N–H and O–H groups in total. The van der Waals surface area contributed by atoms with Crippen molar-refractivity contribution in [3.63, 3.8) is 0 Å². The average molecular weight is 398 g/mol. The van der Waals surface area contributed by atoms with E-state index in [4.69, 9.17) is 0 Å². The molecule has 0 amide bonds. The van der Waals surface area contributed by atoms with Crippen molar-refractivity contribution in [3.8, 4) is 0 Å². The van der Waals surface area contributed by atoms with Gasteiger partial charge in [-0.1, -0.05) is 58.4 Å². The molecule has 0 bridgehead atoms. The standard InChI is InChI=1S/C21H17BrFNO/c22-17-8-6-16(7-9-17)21(25)14-20(15-4-2-1-3-5-15)24-19-12-10-18(23)11-13-19/h1-13,20,24H,14H2/t20-/m0/s1. The van der Waals surface area contributed by atoms with Crippen LogP contribution in [0.4, 0.5) is 10.1 Å². The van der Waals surface area contributed by atoms with Gasteiger partial charge in [-0.3, -0.25) is 4.79 Å². The molecule has 3 rings (SSSR count). The van der Waals surface area contributed by atoms with Crippen molar-refractivity contribution >= 4 is 27.4 Å². The highest BCUT2D eigenvalue weighted by molar-refractivity contribution is 9.10. The molecule has 0 unspecified atom stereocenters. The largest absolute Gasteiger partial charge is 0.378 e. The lowest BCUT2D eigenvalue weighted by Crippen LogP contribution is -2.15. The third-order valence-corrected chi connectivity index (χ3v) is 4.47. The molecule has 0 aliphatic rings. The Morgan fingerprint density at radius 1 is 0.920 bits per heavy atom. The molecule has 25 heavy (non-hydrogen) atoms. The van der Waals surface area contributed by atoms with Gasteiger partial charge in [0.2, 0.25) is 0 Å². The van der Waals surface area contributed by atoms with E-state index < -0.39 is 0 Å². The predicted octanol–water partition coefficient (Wildman–Crippen LogP) is 6.01. The Labute approximate surface area is 154 Å². The third kappa shape index (κ3) is 4.77. The van der Waals surface area contributed by atoms with Gasteiger partial charge in [-0.2, -0.15) is 0 Å². The Kier molecular flexibility index (Phi) is 5.61. The van der Waals surface area contributed by atoms with E-state index in [2.05, 4.69) is 21.2 Å². The Balaban J connectivity index is 1.82. The molecule has 4 heteroatoms. The average Bonchev–Trinajstić information content (AvgIpc) is 2.64. The van der Waals surface area contributed by atoms with Crippen LogP contribution in [0, 0.1) is 5.82 Å². The molecule has 3 aromatic rings. The minimum absolute atomic E-state index is 0.0518. The lowest BCUT2D eigenvalue weighted by Gasteiger charge is -2.20. The highest BCUT2D eigenvalue weighted by atomic mass is 79.9. The van der Waals surface area contributed by atoms with E-state index in [9.17, 15) is 9.18 Å². The Hall–Kier alpha value is -2.46. The number of halogens is 2. The van der Waals surface area contributed by atoms with Gasteiger partial charge >= 0.3 is 0 Å². The molecule has 0 aliphatic heterocycles. The van der Waals surface area contributed by atoms with Gasteiger partial charge < -0.3 is 5.32 Å². The van der Waals surface area contributed by atoms with E-state index in [1.54, 1.807) is 12.1 Å². The van der Waals surface area contributed by atoms with E-state index in [0.717, 1.165) is 15.7 Å². The molecule has 0 aliphatic carbocycles. The van der Waals surface area contributed by atoms with Crippen LogP contribution in [0.3, 0.4) is 0 Å². The molecule has 0 fully saturated rings. The van der Waals surface area contributed by atoms with Gasteiger partial charge in [-0.15, -0.1) is 0 Å². The number of anilines is 1. The second-order valence-corrected chi connectivity index (χ2v) is 6.66. The molecular formula is C21H17BrFNO. The van der Waals surface area contributed by atoms with Crippen LogP contribution in [-0.4, -0.2) is 5.78 Å². The van der Waals surface area contributed by atoms with E-state index in [1.165, 1.54) is 12.1 Å². The molecule has 2 nitrogen and oxygen atoms in total. The van der Waals surface area contributed by atoms with Crippen LogP contribution in [0.25, 0.3) is 0 Å². The maximum Gasteiger partial charge on any atom is 0.165 e. The lowest BCUT2D eigenvalue weighted by atomic mass is 9.97. The summed E-state index contributed by atoms with van der Waals surface area (Å²) in [5.41, 5.74) is 2.46. The third-order valence-electron chi connectivity index (χ3n) is 3.94. The highest BCUT2D eigenvalue weighted by Gasteiger charge is 2.17. The molecule has 0 spiro atoms. The smallest absolute Gasteiger partial charge is 0.165 e. The molecule has 126 valence electrons. The summed E-state index contributed by atoms with van der Waals surface area (Å²) in [6.07, 6.45) is 0.309. The van der Waals surface area contributed by atoms with Crippen molar-refractivity contribution in [1.29, 1.82) is 0 Å². The highest BCUT2D eigenvalue weighted by Crippen LogP contribution is 2.25. The van der Waals surface area contributed by atoms with Crippen molar-refractivity contribution < 1.29 is 9.18 Å². The number of hydrogen-bond donors (Lipinski definition) is 1. The predicted molar refractivity (Wildman–Crippen MR) is 102 cm³/mol. The number of Topliss-reactive ketones (excluding diaryl/α,β-unsaturated/α-hetero) is 1. The SMILES string of the molecule is O=C(C[C@H](Nc1ccc(F)cc1)c1ccccc1)c1ccc(Br)cc1. The van der Waals surface area contributed by atoms with Gasteiger partial charge in [0.05, 0.1) is 6.04 Å². The van der Waals surface area contributed by atoms with Crippen LogP contribution in [0.2, 0.25) is 0 Å². The van der Waals surface area contributed by atoms with Crippen LogP contribution in [0.15, 0.2) is 83.3 Å². The normalized spacial score (nSPS) is 11.8. The quantitative estimate of drug-likeness (QED) is 0.515. The molecular weight excluding hydrogens is 381 g/mol. The summed E-state index contributed by atoms with van der Waals surface area (Å²) in [5.74, 6) is -0.233. The number of hydrogen-bond acceptors (Lipinski definition) is 2. The second-order valence-electron chi connectivity index (χ2n) is 5.75. The maximum atomic E-state index is 13.1. The molecule has 0 saturated carbocycles. The Bertz CT molecular complexity index is 832. The fraction of sp³-hybridized carbons (Fsp3) is 0.0952. The summed E-state index contributed by atoms with van der Waals surface area (Å²) >= 11 is 3.38. The number of carbonyl (C=O) groups excluding carboxylic acids is 1. The van der Waals surface area contributed by atoms with Crippen LogP contribution in [0.5, 0.6) is 0 Å². The molecule has 1 atom stereocenters. The summed E-state index contributed by atoms with van der Waals surface area (Å²) in [6.45, 7) is 0. The van der Waals surface area contributed by atoms with Gasteiger partial charge in [-0.05, 0) is 42.0 Å². The zero-order valence-corrected chi connectivity index (χ0v) is 15.0. The first-order chi connectivity index (χ1) is 12.1. The minimum atomic E-state index is -0.284. The first kappa shape index (κ1) is 17.4. The van der Waals surface area contributed by atoms with Crippen LogP contribution >= 0.6 is 15.9 Å². The topological polar surface area (TPSA) is 29.1 Å². The summed E-state index contributed by atoms with van der Waals surface area (Å²) < 4.78 is 14.1. The van der Waals surface area contributed by atoms with Gasteiger partial charge in [0.25, 0.3) is 0 Å². The number of carbonyl (C=O) groups is 1. The zero-order valence-electron chi connectivity index (χ0n) is 13.5. The Morgan fingerprint density at radius 3 is 2.20 bits per heavy atom. The van der Waals surface area contributed by atoms with Crippen molar-refractivity contribution in [2.24, 2.45) is 0 Å². The molecule has 0 saturated heterocycles.